The molecular formula is C17H32N2O2. The Labute approximate surface area is 129 Å². The van der Waals surface area contributed by atoms with Gasteiger partial charge in [0.25, 0.3) is 0 Å². The predicted octanol–water partition coefficient (Wildman–Crippen LogP) is 2.46. The maximum absolute atomic E-state index is 11.8. The molecule has 4 nitrogen and oxygen atoms in total. The summed E-state index contributed by atoms with van der Waals surface area (Å²) in [5.74, 6) is 0.954. The first-order chi connectivity index (χ1) is 9.88. The van der Waals surface area contributed by atoms with E-state index < -0.39 is 0 Å². The van der Waals surface area contributed by atoms with Gasteiger partial charge in [-0.15, -0.1) is 0 Å². The molecule has 0 aromatic carbocycles. The maximum atomic E-state index is 11.8. The number of primary amides is 1. The lowest BCUT2D eigenvalue weighted by Crippen LogP contribution is -2.50. The standard InChI is InChI=1S/C17H32N2O2/c1-17(2,3)13-8-6-12(7-9-13)15(16(18)20)19-11-14-5-4-10-21-14/h12-15,19H,4-11H2,1-3H3,(H2,18,20). The van der Waals surface area contributed by atoms with Crippen LogP contribution in [0.1, 0.15) is 59.3 Å². The zero-order chi connectivity index (χ0) is 15.5. The van der Waals surface area contributed by atoms with E-state index in [9.17, 15) is 4.79 Å². The first-order valence-electron chi connectivity index (χ1n) is 8.52. The zero-order valence-electron chi connectivity index (χ0n) is 13.9. The average molecular weight is 296 g/mol. The number of hydrogen-bond acceptors (Lipinski definition) is 3. The normalized spacial score (nSPS) is 32.0. The fraction of sp³-hybridized carbons (Fsp3) is 0.941. The molecule has 1 aliphatic heterocycles. The van der Waals surface area contributed by atoms with Crippen LogP contribution >= 0.6 is 0 Å². The van der Waals surface area contributed by atoms with Crippen LogP contribution in [0.4, 0.5) is 0 Å². The highest BCUT2D eigenvalue weighted by atomic mass is 16.5. The van der Waals surface area contributed by atoms with Crippen molar-refractivity contribution in [3.8, 4) is 0 Å². The van der Waals surface area contributed by atoms with Gasteiger partial charge in [0, 0.05) is 13.2 Å². The van der Waals surface area contributed by atoms with Crippen molar-refractivity contribution in [1.82, 2.24) is 5.32 Å². The maximum Gasteiger partial charge on any atom is 0.234 e. The second-order valence-corrected chi connectivity index (χ2v) is 7.90. The summed E-state index contributed by atoms with van der Waals surface area (Å²) in [4.78, 5) is 11.8. The number of ether oxygens (including phenoxy) is 1. The molecule has 0 aromatic rings. The Balaban J connectivity index is 1.83. The van der Waals surface area contributed by atoms with Crippen molar-refractivity contribution >= 4 is 5.91 Å². The first kappa shape index (κ1) is 16.8. The highest BCUT2D eigenvalue weighted by Crippen LogP contribution is 2.40. The Morgan fingerprint density at radius 3 is 2.38 bits per heavy atom. The molecule has 122 valence electrons. The monoisotopic (exact) mass is 296 g/mol. The number of nitrogens with one attached hydrogen (secondary N) is 1. The van der Waals surface area contributed by atoms with Gasteiger partial charge in [0.1, 0.15) is 0 Å². The Bertz CT molecular complexity index is 337. The van der Waals surface area contributed by atoms with E-state index >= 15 is 0 Å². The third-order valence-electron chi connectivity index (χ3n) is 5.36. The van der Waals surface area contributed by atoms with Crippen LogP contribution in [0.3, 0.4) is 0 Å². The van der Waals surface area contributed by atoms with Crippen LogP contribution in [0.25, 0.3) is 0 Å². The molecule has 4 heteroatoms. The van der Waals surface area contributed by atoms with E-state index in [4.69, 9.17) is 10.5 Å². The molecule has 2 atom stereocenters. The molecule has 0 spiro atoms. The molecule has 1 aliphatic carbocycles. The molecule has 0 radical (unpaired) electrons. The number of carbonyl (C=O) groups is 1. The van der Waals surface area contributed by atoms with Crippen LogP contribution in [-0.2, 0) is 9.53 Å². The van der Waals surface area contributed by atoms with E-state index in [0.29, 0.717) is 11.3 Å². The summed E-state index contributed by atoms with van der Waals surface area (Å²) < 4.78 is 5.62. The molecular weight excluding hydrogens is 264 g/mol. The van der Waals surface area contributed by atoms with E-state index in [-0.39, 0.29) is 18.1 Å². The summed E-state index contributed by atoms with van der Waals surface area (Å²) >= 11 is 0. The second kappa shape index (κ2) is 7.10. The Kier molecular flexibility index (Phi) is 5.67. The number of amides is 1. The summed E-state index contributed by atoms with van der Waals surface area (Å²) in [5.41, 5.74) is 6.00. The van der Waals surface area contributed by atoms with Crippen molar-refractivity contribution in [2.75, 3.05) is 13.2 Å². The molecule has 1 heterocycles. The van der Waals surface area contributed by atoms with Gasteiger partial charge in [-0.1, -0.05) is 20.8 Å². The van der Waals surface area contributed by atoms with Gasteiger partial charge in [-0.3, -0.25) is 4.79 Å². The molecule has 21 heavy (non-hydrogen) atoms. The molecule has 0 bridgehead atoms. The Hall–Kier alpha value is -0.610. The highest BCUT2D eigenvalue weighted by Gasteiger charge is 2.35. The fourth-order valence-electron chi connectivity index (χ4n) is 3.88. The number of nitrogens with two attached hydrogens (primary N) is 1. The summed E-state index contributed by atoms with van der Waals surface area (Å²) in [7, 11) is 0. The first-order valence-corrected chi connectivity index (χ1v) is 8.52. The van der Waals surface area contributed by atoms with Gasteiger partial charge in [-0.25, -0.2) is 0 Å². The van der Waals surface area contributed by atoms with Crippen molar-refractivity contribution < 1.29 is 9.53 Å². The Morgan fingerprint density at radius 2 is 1.90 bits per heavy atom. The van der Waals surface area contributed by atoms with Crippen LogP contribution in [0.15, 0.2) is 0 Å². The van der Waals surface area contributed by atoms with Gasteiger partial charge in [0.05, 0.1) is 12.1 Å². The number of rotatable bonds is 5. The topological polar surface area (TPSA) is 64.3 Å². The molecule has 2 fully saturated rings. The third kappa shape index (κ3) is 4.68. The zero-order valence-corrected chi connectivity index (χ0v) is 13.9. The minimum Gasteiger partial charge on any atom is -0.377 e. The van der Waals surface area contributed by atoms with Crippen molar-refractivity contribution in [3.05, 3.63) is 0 Å². The van der Waals surface area contributed by atoms with E-state index in [1.54, 1.807) is 0 Å². The van der Waals surface area contributed by atoms with Crippen LogP contribution < -0.4 is 11.1 Å². The van der Waals surface area contributed by atoms with Gasteiger partial charge >= 0.3 is 0 Å². The smallest absolute Gasteiger partial charge is 0.234 e. The number of carbonyl (C=O) groups excluding carboxylic acids is 1. The van der Waals surface area contributed by atoms with Crippen LogP contribution in [0.2, 0.25) is 0 Å². The lowest BCUT2D eigenvalue weighted by atomic mass is 9.68. The van der Waals surface area contributed by atoms with Crippen molar-refractivity contribution in [1.29, 1.82) is 0 Å². The second-order valence-electron chi connectivity index (χ2n) is 7.90. The lowest BCUT2D eigenvalue weighted by Gasteiger charge is -2.39. The van der Waals surface area contributed by atoms with Crippen LogP contribution in [-0.4, -0.2) is 31.2 Å². The van der Waals surface area contributed by atoms with Gasteiger partial charge in [-0.2, -0.15) is 0 Å². The molecule has 2 aliphatic rings. The molecule has 1 saturated carbocycles. The summed E-state index contributed by atoms with van der Waals surface area (Å²) in [6.45, 7) is 8.56. The van der Waals surface area contributed by atoms with Gasteiger partial charge in [0.15, 0.2) is 0 Å². The lowest BCUT2D eigenvalue weighted by molar-refractivity contribution is -0.122. The largest absolute Gasteiger partial charge is 0.377 e. The van der Waals surface area contributed by atoms with Crippen molar-refractivity contribution in [2.45, 2.75) is 71.4 Å². The highest BCUT2D eigenvalue weighted by molar-refractivity contribution is 5.80. The molecule has 1 amide bonds. The molecule has 3 N–H and O–H groups in total. The summed E-state index contributed by atoms with van der Waals surface area (Å²) in [6.07, 6.45) is 7.11. The van der Waals surface area contributed by atoms with Crippen molar-refractivity contribution in [3.63, 3.8) is 0 Å². The van der Waals surface area contributed by atoms with E-state index in [2.05, 4.69) is 26.1 Å². The molecule has 2 unspecified atom stereocenters. The SMILES string of the molecule is CC(C)(C)C1CCC(C(NCC2CCCO2)C(N)=O)CC1. The predicted molar refractivity (Wildman–Crippen MR) is 84.9 cm³/mol. The van der Waals surface area contributed by atoms with E-state index in [1.807, 2.05) is 0 Å². The van der Waals surface area contributed by atoms with Gasteiger partial charge in [-0.05, 0) is 55.8 Å². The minimum atomic E-state index is -0.202. The van der Waals surface area contributed by atoms with Crippen LogP contribution in [0.5, 0.6) is 0 Å². The summed E-state index contributed by atoms with van der Waals surface area (Å²) in [6, 6.07) is -0.185. The fourth-order valence-corrected chi connectivity index (χ4v) is 3.88. The van der Waals surface area contributed by atoms with Crippen LogP contribution in [0, 0.1) is 17.3 Å². The van der Waals surface area contributed by atoms with Gasteiger partial charge in [0.2, 0.25) is 5.91 Å². The van der Waals surface area contributed by atoms with E-state index in [0.717, 1.165) is 44.8 Å². The molecule has 0 aromatic heterocycles. The van der Waals surface area contributed by atoms with E-state index in [1.165, 1.54) is 12.8 Å². The summed E-state index contributed by atoms with van der Waals surface area (Å²) in [5, 5.41) is 3.38. The average Bonchev–Trinajstić information content (AvgIpc) is 2.91. The number of hydrogen-bond donors (Lipinski definition) is 2. The van der Waals surface area contributed by atoms with Gasteiger partial charge < -0.3 is 15.8 Å². The quantitative estimate of drug-likeness (QED) is 0.819. The van der Waals surface area contributed by atoms with Crippen molar-refractivity contribution in [2.24, 2.45) is 23.0 Å². The molecule has 2 rings (SSSR count). The molecule has 1 saturated heterocycles. The minimum absolute atomic E-state index is 0.185. The third-order valence-corrected chi connectivity index (χ3v) is 5.36. The Morgan fingerprint density at radius 1 is 1.24 bits per heavy atom.